The van der Waals surface area contributed by atoms with Gasteiger partial charge in [-0.05, 0) is 35.9 Å². The smallest absolute Gasteiger partial charge is 0.276 e. The molecule has 124 valence electrons. The summed E-state index contributed by atoms with van der Waals surface area (Å²) in [4.78, 5) is 23.1. The van der Waals surface area contributed by atoms with Crippen molar-refractivity contribution in [1.82, 2.24) is 10.9 Å². The van der Waals surface area contributed by atoms with Crippen molar-refractivity contribution in [2.75, 3.05) is 6.61 Å². The van der Waals surface area contributed by atoms with E-state index in [0.717, 1.165) is 5.56 Å². The Morgan fingerprint density at radius 1 is 1.08 bits per heavy atom. The first-order chi connectivity index (χ1) is 11.5. The van der Waals surface area contributed by atoms with E-state index in [4.69, 9.17) is 16.3 Å². The van der Waals surface area contributed by atoms with Gasteiger partial charge in [-0.3, -0.25) is 20.4 Å². The number of nitrogens with one attached hydrogen (secondary N) is 2. The maximum Gasteiger partial charge on any atom is 0.276 e. The lowest BCUT2D eigenvalue weighted by atomic mass is 10.2. The van der Waals surface area contributed by atoms with E-state index in [2.05, 4.69) is 10.9 Å². The molecule has 0 aromatic heterocycles. The summed E-state index contributed by atoms with van der Waals surface area (Å²) in [5, 5.41) is 0.596. The summed E-state index contributed by atoms with van der Waals surface area (Å²) in [6, 6.07) is 12.6. The second-order valence-electron chi connectivity index (χ2n) is 4.64. The summed E-state index contributed by atoms with van der Waals surface area (Å²) in [6.07, 6.45) is 2.81. The molecular weight excluding hydrogens is 335 g/mol. The Morgan fingerprint density at radius 2 is 1.79 bits per heavy atom. The second kappa shape index (κ2) is 8.69. The summed E-state index contributed by atoms with van der Waals surface area (Å²) >= 11 is 5.76. The zero-order valence-electron chi connectivity index (χ0n) is 12.5. The zero-order chi connectivity index (χ0) is 17.4. The van der Waals surface area contributed by atoms with E-state index in [0.29, 0.717) is 5.02 Å². The number of halogens is 2. The molecule has 0 radical (unpaired) electrons. The Kier molecular flexibility index (Phi) is 6.33. The monoisotopic (exact) mass is 348 g/mol. The fourth-order valence-electron chi connectivity index (χ4n) is 1.66. The molecule has 0 heterocycles. The van der Waals surface area contributed by atoms with Crippen molar-refractivity contribution >= 4 is 29.5 Å². The van der Waals surface area contributed by atoms with Crippen molar-refractivity contribution in [3.8, 4) is 5.75 Å². The maximum atomic E-state index is 13.3. The predicted octanol–water partition coefficient (Wildman–Crippen LogP) is 2.72. The van der Waals surface area contributed by atoms with Crippen LogP contribution in [0.2, 0.25) is 5.02 Å². The summed E-state index contributed by atoms with van der Waals surface area (Å²) in [6.45, 7) is -0.428. The first-order valence-corrected chi connectivity index (χ1v) is 7.32. The molecule has 2 aromatic carbocycles. The number of hydrazine groups is 1. The molecule has 2 N–H and O–H groups in total. The van der Waals surface area contributed by atoms with Gasteiger partial charge in [-0.2, -0.15) is 0 Å². The number of hydrogen-bond acceptors (Lipinski definition) is 3. The molecule has 0 saturated heterocycles. The number of para-hydroxylation sites is 1. The average molecular weight is 349 g/mol. The van der Waals surface area contributed by atoms with Crippen molar-refractivity contribution < 1.29 is 18.7 Å². The largest absolute Gasteiger partial charge is 0.481 e. The van der Waals surface area contributed by atoms with Crippen LogP contribution in [-0.2, 0) is 9.59 Å². The molecule has 0 aliphatic heterocycles. The Morgan fingerprint density at radius 3 is 2.50 bits per heavy atom. The van der Waals surface area contributed by atoms with Gasteiger partial charge in [0.05, 0.1) is 0 Å². The molecule has 2 rings (SSSR count). The minimum atomic E-state index is -0.619. The number of carbonyl (C=O) groups excluding carboxylic acids is 2. The lowest BCUT2D eigenvalue weighted by molar-refractivity contribution is -0.128. The first-order valence-electron chi connectivity index (χ1n) is 6.94. The number of benzene rings is 2. The van der Waals surface area contributed by atoms with Gasteiger partial charge in [0.2, 0.25) is 0 Å². The molecule has 0 saturated carbocycles. The van der Waals surface area contributed by atoms with Crippen LogP contribution in [0.1, 0.15) is 5.56 Å². The van der Waals surface area contributed by atoms with Gasteiger partial charge in [0, 0.05) is 11.1 Å². The molecule has 2 amide bonds. The average Bonchev–Trinajstić information content (AvgIpc) is 2.58. The fourth-order valence-corrected chi connectivity index (χ4v) is 1.79. The van der Waals surface area contributed by atoms with Gasteiger partial charge in [-0.1, -0.05) is 35.9 Å². The van der Waals surface area contributed by atoms with Crippen LogP contribution in [0.15, 0.2) is 54.6 Å². The first kappa shape index (κ1) is 17.5. The van der Waals surface area contributed by atoms with Crippen molar-refractivity contribution in [1.29, 1.82) is 0 Å². The Balaban J connectivity index is 1.74. The molecule has 0 bridgehead atoms. The Hall–Kier alpha value is -2.86. The van der Waals surface area contributed by atoms with Crippen molar-refractivity contribution in [3.63, 3.8) is 0 Å². The van der Waals surface area contributed by atoms with E-state index < -0.39 is 24.2 Å². The van der Waals surface area contributed by atoms with E-state index in [1.165, 1.54) is 24.3 Å². The van der Waals surface area contributed by atoms with Gasteiger partial charge in [0.15, 0.2) is 18.2 Å². The van der Waals surface area contributed by atoms with Gasteiger partial charge in [-0.15, -0.1) is 0 Å². The highest BCUT2D eigenvalue weighted by Crippen LogP contribution is 2.14. The van der Waals surface area contributed by atoms with Gasteiger partial charge < -0.3 is 4.74 Å². The highest BCUT2D eigenvalue weighted by molar-refractivity contribution is 6.30. The number of amides is 2. The van der Waals surface area contributed by atoms with Crippen LogP contribution in [0.25, 0.3) is 6.08 Å². The highest BCUT2D eigenvalue weighted by atomic mass is 35.5. The molecule has 24 heavy (non-hydrogen) atoms. The SMILES string of the molecule is O=C(/C=C/c1ccc(Cl)cc1)NNC(=O)COc1ccccc1F. The third-order valence-corrected chi connectivity index (χ3v) is 3.07. The molecule has 0 unspecified atom stereocenters. The third-order valence-electron chi connectivity index (χ3n) is 2.82. The van der Waals surface area contributed by atoms with Crippen LogP contribution >= 0.6 is 11.6 Å². The standard InChI is InChI=1S/C17H14ClFN2O3/c18-13-8-5-12(6-9-13)7-10-16(22)20-21-17(23)11-24-15-4-2-1-3-14(15)19/h1-10H,11H2,(H,20,22)(H,21,23)/b10-7+. The van der Waals surface area contributed by atoms with Crippen LogP contribution in [0, 0.1) is 5.82 Å². The predicted molar refractivity (Wildman–Crippen MR) is 88.7 cm³/mol. The van der Waals surface area contributed by atoms with Gasteiger partial charge in [0.25, 0.3) is 11.8 Å². The van der Waals surface area contributed by atoms with E-state index in [9.17, 15) is 14.0 Å². The van der Waals surface area contributed by atoms with Crippen LogP contribution < -0.4 is 15.6 Å². The minimum absolute atomic E-state index is 0.0402. The second-order valence-corrected chi connectivity index (χ2v) is 5.08. The lowest BCUT2D eigenvalue weighted by Gasteiger charge is -2.08. The van der Waals surface area contributed by atoms with Gasteiger partial charge in [0.1, 0.15) is 0 Å². The topological polar surface area (TPSA) is 67.4 Å². The summed E-state index contributed by atoms with van der Waals surface area (Å²) in [5.74, 6) is -1.75. The minimum Gasteiger partial charge on any atom is -0.481 e. The van der Waals surface area contributed by atoms with Crippen LogP contribution in [0.5, 0.6) is 5.75 Å². The van der Waals surface area contributed by atoms with Gasteiger partial charge in [-0.25, -0.2) is 4.39 Å². The zero-order valence-corrected chi connectivity index (χ0v) is 13.2. The normalized spacial score (nSPS) is 10.4. The van der Waals surface area contributed by atoms with E-state index in [1.54, 1.807) is 36.4 Å². The molecule has 2 aromatic rings. The Bertz CT molecular complexity index is 748. The van der Waals surface area contributed by atoms with Crippen LogP contribution in [0.4, 0.5) is 4.39 Å². The Labute approximate surface area is 143 Å². The van der Waals surface area contributed by atoms with E-state index in [-0.39, 0.29) is 5.75 Å². The highest BCUT2D eigenvalue weighted by Gasteiger charge is 2.06. The maximum absolute atomic E-state index is 13.3. The number of ether oxygens (including phenoxy) is 1. The lowest BCUT2D eigenvalue weighted by Crippen LogP contribution is -2.43. The molecule has 0 spiro atoms. The van der Waals surface area contributed by atoms with Crippen molar-refractivity contribution in [3.05, 3.63) is 71.0 Å². The number of hydrogen-bond donors (Lipinski definition) is 2. The molecule has 5 nitrogen and oxygen atoms in total. The number of carbonyl (C=O) groups is 2. The summed E-state index contributed by atoms with van der Waals surface area (Å²) < 4.78 is 18.3. The third kappa shape index (κ3) is 5.73. The summed E-state index contributed by atoms with van der Waals surface area (Å²) in [7, 11) is 0. The summed E-state index contributed by atoms with van der Waals surface area (Å²) in [5.41, 5.74) is 5.13. The molecule has 7 heteroatoms. The van der Waals surface area contributed by atoms with Crippen LogP contribution in [0.3, 0.4) is 0 Å². The van der Waals surface area contributed by atoms with Crippen molar-refractivity contribution in [2.24, 2.45) is 0 Å². The molecule has 0 aliphatic carbocycles. The number of rotatable bonds is 5. The van der Waals surface area contributed by atoms with Crippen LogP contribution in [-0.4, -0.2) is 18.4 Å². The quantitative estimate of drug-likeness (QED) is 0.645. The van der Waals surface area contributed by atoms with E-state index in [1.807, 2.05) is 0 Å². The van der Waals surface area contributed by atoms with Crippen molar-refractivity contribution in [2.45, 2.75) is 0 Å². The molecular formula is C17H14ClFN2O3. The van der Waals surface area contributed by atoms with Gasteiger partial charge >= 0.3 is 0 Å². The molecule has 0 aliphatic rings. The molecule has 0 atom stereocenters. The van der Waals surface area contributed by atoms with E-state index >= 15 is 0 Å². The molecule has 0 fully saturated rings. The fraction of sp³-hybridized carbons (Fsp3) is 0.0588.